The smallest absolute Gasteiger partial charge is 0.0871 e. The van der Waals surface area contributed by atoms with Gasteiger partial charge in [0.05, 0.1) is 5.54 Å². The highest BCUT2D eigenvalue weighted by atomic mass is 79.9. The van der Waals surface area contributed by atoms with Crippen molar-refractivity contribution in [3.05, 3.63) is 99.6 Å². The first-order valence-corrected chi connectivity index (χ1v) is 9.60. The van der Waals surface area contributed by atoms with Crippen molar-refractivity contribution in [2.45, 2.75) is 12.5 Å². The van der Waals surface area contributed by atoms with Crippen LogP contribution in [0.3, 0.4) is 0 Å². The second-order valence-electron chi connectivity index (χ2n) is 6.52. The van der Waals surface area contributed by atoms with Crippen LogP contribution in [0.1, 0.15) is 18.1 Å². The van der Waals surface area contributed by atoms with Crippen molar-refractivity contribution in [3.8, 4) is 0 Å². The fourth-order valence-corrected chi connectivity index (χ4v) is 3.88. The van der Waals surface area contributed by atoms with E-state index in [9.17, 15) is 0 Å². The molecule has 0 aliphatic heterocycles. The van der Waals surface area contributed by atoms with Crippen LogP contribution in [0.2, 0.25) is 5.02 Å². The summed E-state index contributed by atoms with van der Waals surface area (Å²) >= 11 is 9.73. The minimum atomic E-state index is -0.426. The lowest BCUT2D eigenvalue weighted by Crippen LogP contribution is -2.33. The molecule has 2 nitrogen and oxygen atoms in total. The molecule has 4 aromatic rings. The number of nitrogens with one attached hydrogen (secondary N) is 2. The zero-order chi connectivity index (χ0) is 18.1. The highest BCUT2D eigenvalue weighted by Gasteiger charge is 2.31. The van der Waals surface area contributed by atoms with Crippen LogP contribution in [0.5, 0.6) is 0 Å². The number of anilines is 1. The number of aromatic nitrogens is 1. The molecule has 26 heavy (non-hydrogen) atoms. The molecule has 0 saturated heterocycles. The molecule has 4 rings (SSSR count). The molecule has 2 N–H and O–H groups in total. The van der Waals surface area contributed by atoms with Gasteiger partial charge in [-0.25, -0.2) is 0 Å². The third-order valence-electron chi connectivity index (χ3n) is 4.77. The summed E-state index contributed by atoms with van der Waals surface area (Å²) in [6.07, 6.45) is 2.08. The van der Waals surface area contributed by atoms with Gasteiger partial charge in [-0.1, -0.05) is 57.9 Å². The molecule has 0 aliphatic carbocycles. The molecule has 0 aliphatic rings. The molecular formula is C22H18BrClN2. The highest BCUT2D eigenvalue weighted by molar-refractivity contribution is 9.10. The minimum Gasteiger partial charge on any atom is -0.372 e. The van der Waals surface area contributed by atoms with Gasteiger partial charge in [0.2, 0.25) is 0 Å². The van der Waals surface area contributed by atoms with Gasteiger partial charge in [0.15, 0.2) is 0 Å². The van der Waals surface area contributed by atoms with Gasteiger partial charge in [0.1, 0.15) is 0 Å². The van der Waals surface area contributed by atoms with Gasteiger partial charge in [-0.15, -0.1) is 0 Å². The summed E-state index contributed by atoms with van der Waals surface area (Å²) in [5.74, 6) is 0. The molecule has 0 bridgehead atoms. The molecule has 0 saturated carbocycles. The summed E-state index contributed by atoms with van der Waals surface area (Å²) in [5, 5.41) is 5.64. The monoisotopic (exact) mass is 424 g/mol. The zero-order valence-electron chi connectivity index (χ0n) is 14.3. The van der Waals surface area contributed by atoms with Gasteiger partial charge in [-0.3, -0.25) is 0 Å². The zero-order valence-corrected chi connectivity index (χ0v) is 16.6. The standard InChI is InChI=1S/C22H18BrClN2/c1-22(15-7-10-17(24)11-8-15,26-18-5-3-2-4-6-18)20-14-25-21-12-9-16(23)13-19(20)21/h2-14,25-26H,1H3. The Hall–Kier alpha value is -2.23. The second kappa shape index (κ2) is 6.82. The number of aromatic amines is 1. The van der Waals surface area contributed by atoms with E-state index in [2.05, 4.69) is 75.7 Å². The van der Waals surface area contributed by atoms with Crippen molar-refractivity contribution in [3.63, 3.8) is 0 Å². The summed E-state index contributed by atoms with van der Waals surface area (Å²) in [5.41, 5.74) is 4.07. The SMILES string of the molecule is CC(Nc1ccccc1)(c1ccc(Cl)cc1)c1c[nH]c2ccc(Br)cc12. The van der Waals surface area contributed by atoms with Crippen molar-refractivity contribution in [2.24, 2.45) is 0 Å². The maximum atomic E-state index is 6.13. The average Bonchev–Trinajstić information content (AvgIpc) is 3.06. The molecule has 0 fully saturated rings. The molecule has 1 atom stereocenters. The summed E-state index contributed by atoms with van der Waals surface area (Å²) in [6.45, 7) is 2.20. The summed E-state index contributed by atoms with van der Waals surface area (Å²) < 4.78 is 1.06. The Morgan fingerprint density at radius 2 is 1.69 bits per heavy atom. The Kier molecular flexibility index (Phi) is 4.51. The molecule has 130 valence electrons. The lowest BCUT2D eigenvalue weighted by Gasteiger charge is -2.33. The Labute approximate surface area is 166 Å². The Balaban J connectivity index is 1.92. The average molecular weight is 426 g/mol. The number of halogens is 2. The van der Waals surface area contributed by atoms with Crippen molar-refractivity contribution < 1.29 is 0 Å². The van der Waals surface area contributed by atoms with Gasteiger partial charge in [-0.05, 0) is 55.0 Å². The van der Waals surface area contributed by atoms with Crippen molar-refractivity contribution in [1.29, 1.82) is 0 Å². The van der Waals surface area contributed by atoms with E-state index in [-0.39, 0.29) is 0 Å². The minimum absolute atomic E-state index is 0.426. The molecular weight excluding hydrogens is 408 g/mol. The summed E-state index contributed by atoms with van der Waals surface area (Å²) in [6, 6.07) is 24.6. The van der Waals surface area contributed by atoms with E-state index in [4.69, 9.17) is 11.6 Å². The van der Waals surface area contributed by atoms with Crippen molar-refractivity contribution >= 4 is 44.1 Å². The van der Waals surface area contributed by atoms with Gasteiger partial charge >= 0.3 is 0 Å². The number of benzene rings is 3. The van der Waals surface area contributed by atoms with Crippen LogP contribution in [0.4, 0.5) is 5.69 Å². The van der Waals surface area contributed by atoms with Crippen LogP contribution in [0.25, 0.3) is 10.9 Å². The van der Waals surface area contributed by atoms with E-state index >= 15 is 0 Å². The number of hydrogen-bond acceptors (Lipinski definition) is 1. The number of hydrogen-bond donors (Lipinski definition) is 2. The van der Waals surface area contributed by atoms with Gasteiger partial charge in [0, 0.05) is 37.8 Å². The van der Waals surface area contributed by atoms with E-state index in [1.54, 1.807) is 0 Å². The van der Waals surface area contributed by atoms with E-state index in [0.717, 1.165) is 26.3 Å². The van der Waals surface area contributed by atoms with Crippen LogP contribution < -0.4 is 5.32 Å². The number of fused-ring (bicyclic) bond motifs is 1. The van der Waals surface area contributed by atoms with Crippen LogP contribution >= 0.6 is 27.5 Å². The summed E-state index contributed by atoms with van der Waals surface area (Å²) in [4.78, 5) is 3.40. The van der Waals surface area contributed by atoms with Crippen LogP contribution in [-0.2, 0) is 5.54 Å². The van der Waals surface area contributed by atoms with Crippen molar-refractivity contribution in [2.75, 3.05) is 5.32 Å². The molecule has 0 amide bonds. The number of H-pyrrole nitrogens is 1. The number of rotatable bonds is 4. The van der Waals surface area contributed by atoms with E-state index in [1.807, 2.05) is 36.4 Å². The highest BCUT2D eigenvalue weighted by Crippen LogP contribution is 2.38. The topological polar surface area (TPSA) is 27.8 Å². The predicted molar refractivity (Wildman–Crippen MR) is 114 cm³/mol. The Morgan fingerprint density at radius 3 is 2.42 bits per heavy atom. The molecule has 1 heterocycles. The maximum Gasteiger partial charge on any atom is 0.0871 e. The number of para-hydroxylation sites is 1. The summed E-state index contributed by atoms with van der Waals surface area (Å²) in [7, 11) is 0. The van der Waals surface area contributed by atoms with E-state index < -0.39 is 5.54 Å². The maximum absolute atomic E-state index is 6.13. The predicted octanol–water partition coefficient (Wildman–Crippen LogP) is 6.96. The van der Waals surface area contributed by atoms with Gasteiger partial charge in [-0.2, -0.15) is 0 Å². The van der Waals surface area contributed by atoms with E-state index in [0.29, 0.717) is 0 Å². The molecule has 1 unspecified atom stereocenters. The van der Waals surface area contributed by atoms with Gasteiger partial charge < -0.3 is 10.3 Å². The normalized spacial score (nSPS) is 13.5. The second-order valence-corrected chi connectivity index (χ2v) is 7.87. The first-order valence-electron chi connectivity index (χ1n) is 8.43. The third-order valence-corrected chi connectivity index (χ3v) is 5.52. The Morgan fingerprint density at radius 1 is 0.962 bits per heavy atom. The quantitative estimate of drug-likeness (QED) is 0.363. The van der Waals surface area contributed by atoms with Crippen LogP contribution in [-0.4, -0.2) is 4.98 Å². The molecule has 0 spiro atoms. The molecule has 3 aromatic carbocycles. The molecule has 4 heteroatoms. The van der Waals surface area contributed by atoms with Crippen LogP contribution in [0, 0.1) is 0 Å². The fourth-order valence-electron chi connectivity index (χ4n) is 3.39. The fraction of sp³-hybridized carbons (Fsp3) is 0.0909. The van der Waals surface area contributed by atoms with Crippen LogP contribution in [0.15, 0.2) is 83.5 Å². The van der Waals surface area contributed by atoms with Crippen molar-refractivity contribution in [1.82, 2.24) is 4.98 Å². The first kappa shape index (κ1) is 17.2. The Bertz CT molecular complexity index is 1040. The van der Waals surface area contributed by atoms with E-state index in [1.165, 1.54) is 10.9 Å². The molecule has 1 aromatic heterocycles. The van der Waals surface area contributed by atoms with Gasteiger partial charge in [0.25, 0.3) is 0 Å². The third kappa shape index (κ3) is 3.13. The molecule has 0 radical (unpaired) electrons. The first-order chi connectivity index (χ1) is 12.6. The lowest BCUT2D eigenvalue weighted by molar-refractivity contribution is 0.666. The lowest BCUT2D eigenvalue weighted by atomic mass is 9.84. The largest absolute Gasteiger partial charge is 0.372 e.